The fraction of sp³-hybridized carbons (Fsp3) is 0.444. The zero-order chi connectivity index (χ0) is 18.0. The molecule has 0 spiro atoms. The van der Waals surface area contributed by atoms with Crippen LogP contribution >= 0.6 is 0 Å². The molecule has 0 radical (unpaired) electrons. The number of hydrogen-bond donors (Lipinski definition) is 4. The second-order valence-electron chi connectivity index (χ2n) is 6.64. The molecule has 1 heterocycles. The van der Waals surface area contributed by atoms with Crippen LogP contribution in [0.3, 0.4) is 0 Å². The Labute approximate surface area is 146 Å². The van der Waals surface area contributed by atoms with Crippen molar-refractivity contribution >= 4 is 17.5 Å². The Morgan fingerprint density at radius 2 is 1.92 bits per heavy atom. The fourth-order valence-electron chi connectivity index (χ4n) is 3.52. The number of nitrogens with two attached hydrogens (primary N) is 1. The van der Waals surface area contributed by atoms with Crippen molar-refractivity contribution in [3.63, 3.8) is 0 Å². The van der Waals surface area contributed by atoms with Gasteiger partial charge in [-0.3, -0.25) is 0 Å². The predicted molar refractivity (Wildman–Crippen MR) is 96.7 cm³/mol. The van der Waals surface area contributed by atoms with Crippen molar-refractivity contribution in [2.75, 3.05) is 11.1 Å². The van der Waals surface area contributed by atoms with Gasteiger partial charge in [0, 0.05) is 17.6 Å². The molecule has 7 heteroatoms. The summed E-state index contributed by atoms with van der Waals surface area (Å²) in [6.07, 6.45) is 2.55. The van der Waals surface area contributed by atoms with Crippen molar-refractivity contribution < 1.29 is 14.4 Å². The van der Waals surface area contributed by atoms with Crippen LogP contribution in [-0.2, 0) is 0 Å². The second-order valence-corrected chi connectivity index (χ2v) is 6.64. The minimum Gasteiger partial charge on any atom is -0.465 e. The molecule has 3 rings (SSSR count). The number of nitrogen functional groups attached to an aromatic ring is 1. The molecular formula is C18H24N4O3. The van der Waals surface area contributed by atoms with Gasteiger partial charge in [0.15, 0.2) is 0 Å². The zero-order valence-electron chi connectivity index (χ0n) is 14.5. The first kappa shape index (κ1) is 17.1. The standard InChI is InChI=1S/C18H24N4O3/c1-10-17(11(2)25-22-10)12-3-8-16(15(19)9-12)20-13-4-6-14(7-5-13)21-18(23)24/h3,8-9,13-14,20-21H,4-7,19H2,1-2H3,(H,23,24). The maximum absolute atomic E-state index is 10.7. The van der Waals surface area contributed by atoms with Crippen LogP contribution in [0.1, 0.15) is 37.1 Å². The average molecular weight is 344 g/mol. The third-order valence-electron chi connectivity index (χ3n) is 4.79. The lowest BCUT2D eigenvalue weighted by Crippen LogP contribution is -2.39. The van der Waals surface area contributed by atoms with Crippen molar-refractivity contribution in [1.82, 2.24) is 10.5 Å². The number of aryl methyl sites for hydroxylation is 2. The summed E-state index contributed by atoms with van der Waals surface area (Å²) in [7, 11) is 0. The number of carboxylic acid groups (broad SMARTS) is 1. The normalized spacial score (nSPS) is 20.2. The van der Waals surface area contributed by atoms with E-state index in [9.17, 15) is 4.79 Å². The van der Waals surface area contributed by atoms with Crippen LogP contribution < -0.4 is 16.4 Å². The largest absolute Gasteiger partial charge is 0.465 e. The van der Waals surface area contributed by atoms with E-state index in [4.69, 9.17) is 15.4 Å². The van der Waals surface area contributed by atoms with E-state index in [1.54, 1.807) is 0 Å². The predicted octanol–water partition coefficient (Wildman–Crippen LogP) is 3.53. The Bertz CT molecular complexity index is 744. The lowest BCUT2D eigenvalue weighted by molar-refractivity contribution is 0.185. The fourth-order valence-corrected chi connectivity index (χ4v) is 3.52. The van der Waals surface area contributed by atoms with Gasteiger partial charge in [0.25, 0.3) is 0 Å². The van der Waals surface area contributed by atoms with E-state index in [2.05, 4.69) is 15.8 Å². The van der Waals surface area contributed by atoms with E-state index < -0.39 is 6.09 Å². The van der Waals surface area contributed by atoms with E-state index in [-0.39, 0.29) is 6.04 Å². The smallest absolute Gasteiger partial charge is 0.404 e. The van der Waals surface area contributed by atoms with Gasteiger partial charge < -0.3 is 26.0 Å². The van der Waals surface area contributed by atoms with Crippen molar-refractivity contribution in [2.45, 2.75) is 51.6 Å². The van der Waals surface area contributed by atoms with Crippen molar-refractivity contribution in [3.05, 3.63) is 29.7 Å². The Morgan fingerprint density at radius 1 is 1.24 bits per heavy atom. The molecule has 0 unspecified atom stereocenters. The number of hydrogen-bond acceptors (Lipinski definition) is 5. The van der Waals surface area contributed by atoms with Gasteiger partial charge in [-0.15, -0.1) is 0 Å². The number of aromatic nitrogens is 1. The number of nitrogens with one attached hydrogen (secondary N) is 2. The molecule has 0 saturated heterocycles. The lowest BCUT2D eigenvalue weighted by atomic mass is 9.91. The maximum atomic E-state index is 10.7. The van der Waals surface area contributed by atoms with Crippen molar-refractivity contribution in [2.24, 2.45) is 0 Å². The molecule has 25 heavy (non-hydrogen) atoms. The summed E-state index contributed by atoms with van der Waals surface area (Å²) < 4.78 is 5.22. The van der Waals surface area contributed by atoms with Crippen LogP contribution in [0.5, 0.6) is 0 Å². The molecule has 5 N–H and O–H groups in total. The maximum Gasteiger partial charge on any atom is 0.404 e. The van der Waals surface area contributed by atoms with E-state index in [0.29, 0.717) is 11.7 Å². The number of rotatable bonds is 4. The van der Waals surface area contributed by atoms with Gasteiger partial charge in [-0.1, -0.05) is 11.2 Å². The Hall–Kier alpha value is -2.70. The highest BCUT2D eigenvalue weighted by molar-refractivity contribution is 5.77. The Morgan fingerprint density at radius 3 is 2.48 bits per heavy atom. The Balaban J connectivity index is 1.66. The molecule has 1 fully saturated rings. The van der Waals surface area contributed by atoms with E-state index in [1.165, 1.54) is 0 Å². The average Bonchev–Trinajstić information content (AvgIpc) is 2.89. The first-order chi connectivity index (χ1) is 11.9. The first-order valence-corrected chi connectivity index (χ1v) is 8.53. The summed E-state index contributed by atoms with van der Waals surface area (Å²) >= 11 is 0. The van der Waals surface area contributed by atoms with E-state index in [1.807, 2.05) is 32.0 Å². The minimum absolute atomic E-state index is 0.0508. The van der Waals surface area contributed by atoms with Gasteiger partial charge in [-0.25, -0.2) is 4.79 Å². The molecule has 0 aliphatic heterocycles. The number of benzene rings is 1. The monoisotopic (exact) mass is 344 g/mol. The molecule has 1 aromatic carbocycles. The Kier molecular flexibility index (Phi) is 4.83. The molecule has 0 bridgehead atoms. The van der Waals surface area contributed by atoms with Gasteiger partial charge in [0.2, 0.25) is 0 Å². The highest BCUT2D eigenvalue weighted by Gasteiger charge is 2.22. The van der Waals surface area contributed by atoms with Crippen molar-refractivity contribution in [3.8, 4) is 11.1 Å². The van der Waals surface area contributed by atoms with Gasteiger partial charge in [0.05, 0.1) is 17.1 Å². The molecule has 1 saturated carbocycles. The number of nitrogens with zero attached hydrogens (tertiary/aromatic N) is 1. The topological polar surface area (TPSA) is 113 Å². The van der Waals surface area contributed by atoms with Gasteiger partial charge in [-0.2, -0.15) is 0 Å². The highest BCUT2D eigenvalue weighted by atomic mass is 16.5. The molecule has 1 aromatic heterocycles. The summed E-state index contributed by atoms with van der Waals surface area (Å²) in [6.45, 7) is 3.80. The van der Waals surface area contributed by atoms with Gasteiger partial charge >= 0.3 is 6.09 Å². The quantitative estimate of drug-likeness (QED) is 0.631. The summed E-state index contributed by atoms with van der Waals surface area (Å²) in [4.78, 5) is 10.7. The number of amides is 1. The molecule has 2 aromatic rings. The van der Waals surface area contributed by atoms with Gasteiger partial charge in [0.1, 0.15) is 5.76 Å². The number of carbonyl (C=O) groups is 1. The highest BCUT2D eigenvalue weighted by Crippen LogP contribution is 2.32. The lowest BCUT2D eigenvalue weighted by Gasteiger charge is -2.30. The summed E-state index contributed by atoms with van der Waals surface area (Å²) in [5, 5.41) is 18.8. The number of anilines is 2. The third-order valence-corrected chi connectivity index (χ3v) is 4.79. The SMILES string of the molecule is Cc1noc(C)c1-c1ccc(NC2CCC(NC(=O)O)CC2)c(N)c1. The van der Waals surface area contributed by atoms with Crippen LogP contribution in [0, 0.1) is 13.8 Å². The van der Waals surface area contributed by atoms with Crippen LogP contribution in [0.15, 0.2) is 22.7 Å². The van der Waals surface area contributed by atoms with Crippen molar-refractivity contribution in [1.29, 1.82) is 0 Å². The van der Waals surface area contributed by atoms with Crippen LogP contribution in [0.2, 0.25) is 0 Å². The van der Waals surface area contributed by atoms with Crippen LogP contribution in [-0.4, -0.2) is 28.4 Å². The van der Waals surface area contributed by atoms with E-state index >= 15 is 0 Å². The zero-order valence-corrected chi connectivity index (χ0v) is 14.5. The molecule has 1 amide bonds. The molecule has 1 aliphatic carbocycles. The van der Waals surface area contributed by atoms with Crippen LogP contribution in [0.4, 0.5) is 16.2 Å². The molecule has 134 valence electrons. The summed E-state index contributed by atoms with van der Waals surface area (Å²) in [5.41, 5.74) is 10.7. The second kappa shape index (κ2) is 7.04. The molecule has 1 aliphatic rings. The first-order valence-electron chi connectivity index (χ1n) is 8.53. The van der Waals surface area contributed by atoms with Gasteiger partial charge in [-0.05, 0) is 57.2 Å². The molecular weight excluding hydrogens is 320 g/mol. The summed E-state index contributed by atoms with van der Waals surface area (Å²) in [6, 6.07) is 6.29. The molecule has 7 nitrogen and oxygen atoms in total. The minimum atomic E-state index is -0.949. The molecule has 0 atom stereocenters. The van der Waals surface area contributed by atoms with Crippen LogP contribution in [0.25, 0.3) is 11.1 Å². The van der Waals surface area contributed by atoms with E-state index in [0.717, 1.165) is 54.0 Å². The summed E-state index contributed by atoms with van der Waals surface area (Å²) in [5.74, 6) is 0.780. The third kappa shape index (κ3) is 3.87.